The molecule has 4 rings (SSSR count). The predicted molar refractivity (Wildman–Crippen MR) is 119 cm³/mol. The van der Waals surface area contributed by atoms with E-state index in [1.54, 1.807) is 11.2 Å². The summed E-state index contributed by atoms with van der Waals surface area (Å²) in [6, 6.07) is 5.05. The molecule has 0 amide bonds. The van der Waals surface area contributed by atoms with E-state index in [4.69, 9.17) is 5.73 Å². The minimum absolute atomic E-state index is 0.313. The van der Waals surface area contributed by atoms with Crippen molar-refractivity contribution in [3.05, 3.63) is 53.0 Å². The lowest BCUT2D eigenvalue weighted by molar-refractivity contribution is -0.137. The number of aliphatic hydroxyl groups excluding tert-OH is 1. The first-order chi connectivity index (χ1) is 15.8. The molecule has 1 aliphatic carbocycles. The fourth-order valence-electron chi connectivity index (χ4n) is 4.75. The van der Waals surface area contributed by atoms with Crippen LogP contribution in [0.1, 0.15) is 41.6 Å². The first-order valence-electron chi connectivity index (χ1n) is 11.4. The van der Waals surface area contributed by atoms with E-state index in [-0.39, 0.29) is 0 Å². The van der Waals surface area contributed by atoms with E-state index in [2.05, 4.69) is 21.8 Å². The summed E-state index contributed by atoms with van der Waals surface area (Å²) >= 11 is 0. The number of aryl methyl sites for hydroxylation is 1. The minimum atomic E-state index is -4.36. The standard InChI is InChI=1S/C23H31F3N6O/c1-16-2-7-19-20(16)21(29-15-28-19)30-10-12-31(13-11-30)22(33)32(9-8-27)14-17-3-5-18(6-4-17)23(24,25)26/h3-6,15-16,22,33H,2,7-14,27H2,1H3/t16-,22?/m1/s1. The van der Waals surface area contributed by atoms with Gasteiger partial charge in [-0.15, -0.1) is 0 Å². The zero-order valence-corrected chi connectivity index (χ0v) is 18.8. The summed E-state index contributed by atoms with van der Waals surface area (Å²) in [7, 11) is 0. The third-order valence-corrected chi connectivity index (χ3v) is 6.60. The third kappa shape index (κ3) is 5.29. The lowest BCUT2D eigenvalue weighted by atomic mass is 10.1. The Morgan fingerprint density at radius 2 is 1.85 bits per heavy atom. The number of alkyl halides is 3. The van der Waals surface area contributed by atoms with E-state index >= 15 is 0 Å². The summed E-state index contributed by atoms with van der Waals surface area (Å²) in [5.41, 5.74) is 8.15. The molecule has 0 spiro atoms. The quantitative estimate of drug-likeness (QED) is 0.609. The average molecular weight is 465 g/mol. The summed E-state index contributed by atoms with van der Waals surface area (Å²) in [6.07, 6.45) is -1.51. The van der Waals surface area contributed by atoms with Gasteiger partial charge in [-0.1, -0.05) is 19.1 Å². The maximum absolute atomic E-state index is 12.8. The Balaban J connectivity index is 1.39. The van der Waals surface area contributed by atoms with Crippen molar-refractivity contribution < 1.29 is 18.3 Å². The number of aliphatic hydroxyl groups is 1. The Bertz CT molecular complexity index is 931. The van der Waals surface area contributed by atoms with Gasteiger partial charge in [-0.3, -0.25) is 9.80 Å². The second-order valence-corrected chi connectivity index (χ2v) is 8.82. The van der Waals surface area contributed by atoms with Crippen LogP contribution in [0.2, 0.25) is 0 Å². The topological polar surface area (TPSA) is 81.8 Å². The van der Waals surface area contributed by atoms with Crippen molar-refractivity contribution >= 4 is 5.82 Å². The molecule has 33 heavy (non-hydrogen) atoms. The molecule has 1 unspecified atom stereocenters. The van der Waals surface area contributed by atoms with Gasteiger partial charge in [-0.25, -0.2) is 9.97 Å². The third-order valence-electron chi connectivity index (χ3n) is 6.60. The Morgan fingerprint density at radius 1 is 1.15 bits per heavy atom. The molecule has 0 saturated carbocycles. The normalized spacial score (nSPS) is 20.3. The number of anilines is 1. The molecule has 10 heteroatoms. The van der Waals surface area contributed by atoms with Crippen molar-refractivity contribution in [3.8, 4) is 0 Å². The van der Waals surface area contributed by atoms with E-state index in [1.807, 2.05) is 4.90 Å². The summed E-state index contributed by atoms with van der Waals surface area (Å²) in [5, 5.41) is 11.0. The number of piperazine rings is 1. The molecule has 1 aromatic heterocycles. The van der Waals surface area contributed by atoms with Crippen LogP contribution in [0, 0.1) is 0 Å². The summed E-state index contributed by atoms with van der Waals surface area (Å²) in [5.74, 6) is 1.45. The number of aromatic nitrogens is 2. The fourth-order valence-corrected chi connectivity index (χ4v) is 4.75. The molecule has 0 radical (unpaired) electrons. The highest BCUT2D eigenvalue weighted by atomic mass is 19.4. The molecule has 0 bridgehead atoms. The van der Waals surface area contributed by atoms with E-state index in [9.17, 15) is 18.3 Å². The Morgan fingerprint density at radius 3 is 2.48 bits per heavy atom. The van der Waals surface area contributed by atoms with E-state index < -0.39 is 18.1 Å². The van der Waals surface area contributed by atoms with Crippen molar-refractivity contribution in [1.82, 2.24) is 19.8 Å². The summed E-state index contributed by atoms with van der Waals surface area (Å²) in [4.78, 5) is 15.0. The molecular formula is C23H31F3N6O. The van der Waals surface area contributed by atoms with E-state index in [0.29, 0.717) is 44.2 Å². The van der Waals surface area contributed by atoms with Crippen LogP contribution >= 0.6 is 0 Å². The number of benzene rings is 1. The van der Waals surface area contributed by atoms with Crippen molar-refractivity contribution in [1.29, 1.82) is 0 Å². The number of nitrogens with two attached hydrogens (primary N) is 1. The van der Waals surface area contributed by atoms with Crippen LogP contribution in [0.3, 0.4) is 0 Å². The number of nitrogens with zero attached hydrogens (tertiary/aromatic N) is 5. The van der Waals surface area contributed by atoms with Crippen LogP contribution in [0.15, 0.2) is 30.6 Å². The highest BCUT2D eigenvalue weighted by Crippen LogP contribution is 2.37. The van der Waals surface area contributed by atoms with Gasteiger partial charge in [0.15, 0.2) is 6.35 Å². The molecular weight excluding hydrogens is 433 g/mol. The number of hydrogen-bond acceptors (Lipinski definition) is 7. The molecule has 2 aliphatic rings. The second-order valence-electron chi connectivity index (χ2n) is 8.82. The van der Waals surface area contributed by atoms with Crippen molar-refractivity contribution in [2.24, 2.45) is 5.73 Å². The largest absolute Gasteiger partial charge is 0.416 e. The second kappa shape index (κ2) is 9.92. The molecule has 2 aromatic rings. The zero-order valence-electron chi connectivity index (χ0n) is 18.8. The van der Waals surface area contributed by atoms with Crippen molar-refractivity contribution in [2.75, 3.05) is 44.2 Å². The number of fused-ring (bicyclic) bond motifs is 1. The van der Waals surface area contributed by atoms with Gasteiger partial charge in [0, 0.05) is 57.1 Å². The van der Waals surface area contributed by atoms with Gasteiger partial charge in [0.2, 0.25) is 0 Å². The van der Waals surface area contributed by atoms with Gasteiger partial charge in [0.05, 0.1) is 5.56 Å². The van der Waals surface area contributed by atoms with Gasteiger partial charge in [0.25, 0.3) is 0 Å². The van der Waals surface area contributed by atoms with Crippen LogP contribution < -0.4 is 10.6 Å². The zero-order chi connectivity index (χ0) is 23.6. The maximum atomic E-state index is 12.8. The lowest BCUT2D eigenvalue weighted by Crippen LogP contribution is -2.56. The Hall–Kier alpha value is -2.27. The lowest BCUT2D eigenvalue weighted by Gasteiger charge is -2.42. The van der Waals surface area contributed by atoms with Crippen LogP contribution in [-0.4, -0.2) is 70.5 Å². The number of halogens is 3. The SMILES string of the molecule is C[C@@H]1CCc2ncnc(N3CCN(C(O)N(CCN)Cc4ccc(C(F)(F)F)cc4)CC3)c21. The Kier molecular flexibility index (Phi) is 7.18. The van der Waals surface area contributed by atoms with Crippen LogP contribution in [-0.2, 0) is 19.1 Å². The van der Waals surface area contributed by atoms with E-state index in [1.165, 1.54) is 17.7 Å². The minimum Gasteiger partial charge on any atom is -0.365 e. The Labute approximate surface area is 192 Å². The first-order valence-corrected chi connectivity index (χ1v) is 11.4. The number of rotatable bonds is 7. The van der Waals surface area contributed by atoms with Crippen LogP contribution in [0.5, 0.6) is 0 Å². The van der Waals surface area contributed by atoms with Gasteiger partial charge < -0.3 is 15.7 Å². The maximum Gasteiger partial charge on any atom is 0.416 e. The van der Waals surface area contributed by atoms with Gasteiger partial charge in [-0.2, -0.15) is 13.2 Å². The summed E-state index contributed by atoms with van der Waals surface area (Å²) < 4.78 is 38.5. The highest BCUT2D eigenvalue weighted by Gasteiger charge is 2.32. The molecule has 180 valence electrons. The molecule has 2 atom stereocenters. The molecule has 3 N–H and O–H groups in total. The highest BCUT2D eigenvalue weighted by molar-refractivity contribution is 5.52. The van der Waals surface area contributed by atoms with Gasteiger partial charge in [-0.05, 0) is 36.5 Å². The molecule has 7 nitrogen and oxygen atoms in total. The summed E-state index contributed by atoms with van der Waals surface area (Å²) in [6.45, 7) is 6.03. The molecule has 1 aromatic carbocycles. The molecule has 1 saturated heterocycles. The fraction of sp³-hybridized carbons (Fsp3) is 0.565. The molecule has 2 heterocycles. The van der Waals surface area contributed by atoms with Crippen molar-refractivity contribution in [3.63, 3.8) is 0 Å². The molecule has 1 fully saturated rings. The van der Waals surface area contributed by atoms with E-state index in [0.717, 1.165) is 49.6 Å². The van der Waals surface area contributed by atoms with Crippen LogP contribution in [0.4, 0.5) is 19.0 Å². The predicted octanol–water partition coefficient (Wildman–Crippen LogP) is 2.40. The monoisotopic (exact) mass is 464 g/mol. The molecule has 1 aliphatic heterocycles. The van der Waals surface area contributed by atoms with Crippen molar-refractivity contribution in [2.45, 2.75) is 44.8 Å². The van der Waals surface area contributed by atoms with Gasteiger partial charge in [0.1, 0.15) is 12.1 Å². The van der Waals surface area contributed by atoms with Gasteiger partial charge >= 0.3 is 6.18 Å². The smallest absolute Gasteiger partial charge is 0.365 e. The van der Waals surface area contributed by atoms with Crippen LogP contribution in [0.25, 0.3) is 0 Å². The average Bonchev–Trinajstić information content (AvgIpc) is 3.19. The first kappa shape index (κ1) is 23.9. The number of hydrogen-bond donors (Lipinski definition) is 2.